The van der Waals surface area contributed by atoms with Crippen LogP contribution in [0.2, 0.25) is 0 Å². The molecule has 5 rings (SSSR count). The van der Waals surface area contributed by atoms with Gasteiger partial charge in [-0.25, -0.2) is 9.50 Å². The number of likely N-dealkylation sites (tertiary alicyclic amines) is 1. The summed E-state index contributed by atoms with van der Waals surface area (Å²) in [6, 6.07) is 10.6. The molecule has 1 N–H and O–H groups in total. The smallest absolute Gasteiger partial charge is 0.276 e. The molecule has 2 aliphatic heterocycles. The zero-order valence-corrected chi connectivity index (χ0v) is 15.9. The van der Waals surface area contributed by atoms with Crippen LogP contribution in [0.3, 0.4) is 0 Å². The summed E-state index contributed by atoms with van der Waals surface area (Å²) in [5.41, 5.74) is 1.80. The molecule has 2 fully saturated rings. The first-order valence-electron chi connectivity index (χ1n) is 10.1. The van der Waals surface area contributed by atoms with Gasteiger partial charge >= 0.3 is 0 Å². The lowest BCUT2D eigenvalue weighted by Gasteiger charge is -2.39. The molecule has 0 unspecified atom stereocenters. The van der Waals surface area contributed by atoms with Crippen LogP contribution >= 0.6 is 0 Å². The average Bonchev–Trinajstić information content (AvgIpc) is 3.12. The van der Waals surface area contributed by atoms with E-state index in [2.05, 4.69) is 45.2 Å². The van der Waals surface area contributed by atoms with E-state index in [-0.39, 0.29) is 5.56 Å². The summed E-state index contributed by atoms with van der Waals surface area (Å²) in [4.78, 5) is 22.3. The number of H-pyrrole nitrogens is 1. The first-order chi connectivity index (χ1) is 13.8. The van der Waals surface area contributed by atoms with Gasteiger partial charge in [0.2, 0.25) is 0 Å². The van der Waals surface area contributed by atoms with E-state index in [1.54, 1.807) is 10.7 Å². The molecule has 0 spiro atoms. The van der Waals surface area contributed by atoms with Crippen molar-refractivity contribution in [2.45, 2.75) is 31.7 Å². The number of fused-ring (bicyclic) bond motifs is 1. The van der Waals surface area contributed by atoms with Crippen LogP contribution in [-0.2, 0) is 17.7 Å². The quantitative estimate of drug-likeness (QED) is 0.734. The molecule has 1 aromatic carbocycles. The number of aromatic amines is 1. The van der Waals surface area contributed by atoms with Crippen LogP contribution in [0, 0.1) is 5.92 Å². The standard InChI is InChI=1S/C21H25N5O2/c27-21-18-11-22-20(17-6-8-28-9-7-17)26(18)24-19(23-21)14-25-12-16(13-25)10-15-4-2-1-3-5-15/h1-5,11,16-17H,6-10,12-14H2,(H,23,24,27). The molecular weight excluding hydrogens is 354 g/mol. The van der Waals surface area contributed by atoms with E-state index in [9.17, 15) is 4.79 Å². The molecule has 0 amide bonds. The van der Waals surface area contributed by atoms with Crippen molar-refractivity contribution in [3.63, 3.8) is 0 Å². The van der Waals surface area contributed by atoms with Gasteiger partial charge in [0.1, 0.15) is 11.6 Å². The zero-order chi connectivity index (χ0) is 18.9. The maximum absolute atomic E-state index is 12.5. The second-order valence-corrected chi connectivity index (χ2v) is 7.95. The summed E-state index contributed by atoms with van der Waals surface area (Å²) in [6.45, 7) is 4.22. The summed E-state index contributed by atoms with van der Waals surface area (Å²) < 4.78 is 7.21. The van der Waals surface area contributed by atoms with Gasteiger partial charge in [-0.1, -0.05) is 30.3 Å². The monoisotopic (exact) mass is 379 g/mol. The molecule has 0 atom stereocenters. The molecule has 7 heteroatoms. The van der Waals surface area contributed by atoms with Gasteiger partial charge in [0.05, 0.1) is 12.7 Å². The second kappa shape index (κ2) is 7.48. The summed E-state index contributed by atoms with van der Waals surface area (Å²) >= 11 is 0. The van der Waals surface area contributed by atoms with Crippen molar-refractivity contribution >= 4 is 5.52 Å². The largest absolute Gasteiger partial charge is 0.381 e. The number of imidazole rings is 1. The van der Waals surface area contributed by atoms with Gasteiger partial charge in [-0.05, 0) is 30.7 Å². The molecule has 2 aromatic heterocycles. The Kier molecular flexibility index (Phi) is 4.70. The van der Waals surface area contributed by atoms with Crippen molar-refractivity contribution in [1.82, 2.24) is 24.5 Å². The third-order valence-corrected chi connectivity index (χ3v) is 5.84. The van der Waals surface area contributed by atoms with Gasteiger partial charge in [-0.3, -0.25) is 9.69 Å². The molecule has 2 aliphatic rings. The topological polar surface area (TPSA) is 75.5 Å². The lowest BCUT2D eigenvalue weighted by Crippen LogP contribution is -2.47. The normalized spacial score (nSPS) is 19.1. The molecule has 3 aromatic rings. The lowest BCUT2D eigenvalue weighted by atomic mass is 9.92. The van der Waals surface area contributed by atoms with Crippen LogP contribution in [0.15, 0.2) is 41.3 Å². The highest BCUT2D eigenvalue weighted by Crippen LogP contribution is 2.26. The van der Waals surface area contributed by atoms with E-state index in [4.69, 9.17) is 9.84 Å². The fourth-order valence-corrected chi connectivity index (χ4v) is 4.36. The molecular formula is C21H25N5O2. The molecule has 0 aliphatic carbocycles. The van der Waals surface area contributed by atoms with Crippen molar-refractivity contribution in [1.29, 1.82) is 0 Å². The molecule has 146 valence electrons. The molecule has 0 radical (unpaired) electrons. The van der Waals surface area contributed by atoms with Gasteiger partial charge in [-0.15, -0.1) is 0 Å². The van der Waals surface area contributed by atoms with Crippen LogP contribution < -0.4 is 5.56 Å². The molecule has 7 nitrogen and oxygen atoms in total. The van der Waals surface area contributed by atoms with Crippen LogP contribution in [0.4, 0.5) is 0 Å². The van der Waals surface area contributed by atoms with Crippen LogP contribution in [-0.4, -0.2) is 50.8 Å². The number of hydrogen-bond donors (Lipinski definition) is 1. The van der Waals surface area contributed by atoms with Gasteiger partial charge < -0.3 is 9.72 Å². The number of nitrogens with zero attached hydrogens (tertiary/aromatic N) is 4. The maximum atomic E-state index is 12.5. The van der Waals surface area contributed by atoms with E-state index in [0.717, 1.165) is 51.4 Å². The number of hydrogen-bond acceptors (Lipinski definition) is 5. The predicted molar refractivity (Wildman–Crippen MR) is 105 cm³/mol. The molecule has 0 bridgehead atoms. The van der Waals surface area contributed by atoms with Crippen LogP contribution in [0.1, 0.15) is 36.0 Å². The summed E-state index contributed by atoms with van der Waals surface area (Å²) in [5.74, 6) is 2.57. The van der Waals surface area contributed by atoms with Crippen molar-refractivity contribution in [2.24, 2.45) is 5.92 Å². The van der Waals surface area contributed by atoms with E-state index >= 15 is 0 Å². The Morgan fingerprint density at radius 2 is 1.93 bits per heavy atom. The highest BCUT2D eigenvalue weighted by atomic mass is 16.5. The Labute approximate surface area is 163 Å². The third-order valence-electron chi connectivity index (χ3n) is 5.84. The van der Waals surface area contributed by atoms with Gasteiger partial charge in [-0.2, -0.15) is 5.10 Å². The molecule has 4 heterocycles. The van der Waals surface area contributed by atoms with E-state index in [0.29, 0.717) is 29.7 Å². The van der Waals surface area contributed by atoms with Crippen molar-refractivity contribution in [3.05, 3.63) is 64.1 Å². The number of ether oxygens (including phenoxy) is 1. The van der Waals surface area contributed by atoms with Crippen molar-refractivity contribution in [2.75, 3.05) is 26.3 Å². The minimum atomic E-state index is -0.114. The van der Waals surface area contributed by atoms with Crippen molar-refractivity contribution in [3.8, 4) is 0 Å². The summed E-state index contributed by atoms with van der Waals surface area (Å²) in [6.07, 6.45) is 4.60. The minimum Gasteiger partial charge on any atom is -0.381 e. The van der Waals surface area contributed by atoms with Crippen LogP contribution in [0.5, 0.6) is 0 Å². The fourth-order valence-electron chi connectivity index (χ4n) is 4.36. The molecule has 0 saturated carbocycles. The zero-order valence-electron chi connectivity index (χ0n) is 15.9. The summed E-state index contributed by atoms with van der Waals surface area (Å²) in [5, 5.41) is 4.72. The Hall–Kier alpha value is -2.51. The summed E-state index contributed by atoms with van der Waals surface area (Å²) in [7, 11) is 0. The molecule has 28 heavy (non-hydrogen) atoms. The van der Waals surface area contributed by atoms with E-state index in [1.165, 1.54) is 5.56 Å². The molecule has 2 saturated heterocycles. The SMILES string of the molecule is O=c1[nH]c(CN2CC(Cc3ccccc3)C2)nn2c(C3CCOCC3)ncc12. The first kappa shape index (κ1) is 17.6. The van der Waals surface area contributed by atoms with E-state index < -0.39 is 0 Å². The number of rotatable bonds is 5. The minimum absolute atomic E-state index is 0.114. The Morgan fingerprint density at radius 1 is 1.14 bits per heavy atom. The van der Waals surface area contributed by atoms with Crippen LogP contribution in [0.25, 0.3) is 5.52 Å². The Morgan fingerprint density at radius 3 is 2.71 bits per heavy atom. The fraction of sp³-hybridized carbons (Fsp3) is 0.476. The highest BCUT2D eigenvalue weighted by molar-refractivity contribution is 5.42. The Balaban J connectivity index is 1.28. The first-order valence-corrected chi connectivity index (χ1v) is 10.1. The van der Waals surface area contributed by atoms with Gasteiger partial charge in [0, 0.05) is 32.2 Å². The third kappa shape index (κ3) is 3.47. The average molecular weight is 379 g/mol. The van der Waals surface area contributed by atoms with Gasteiger partial charge in [0.15, 0.2) is 5.52 Å². The second-order valence-electron chi connectivity index (χ2n) is 7.95. The highest BCUT2D eigenvalue weighted by Gasteiger charge is 2.28. The maximum Gasteiger partial charge on any atom is 0.276 e. The van der Waals surface area contributed by atoms with Gasteiger partial charge in [0.25, 0.3) is 5.56 Å². The number of benzene rings is 1. The number of aromatic nitrogens is 4. The number of nitrogens with one attached hydrogen (secondary N) is 1. The Bertz CT molecular complexity index is 1000. The lowest BCUT2D eigenvalue weighted by molar-refractivity contribution is 0.0828. The van der Waals surface area contributed by atoms with Crippen molar-refractivity contribution < 1.29 is 4.74 Å². The van der Waals surface area contributed by atoms with E-state index in [1.807, 2.05) is 0 Å². The predicted octanol–water partition coefficient (Wildman–Crippen LogP) is 1.99.